The number of hydrogen-bond acceptors (Lipinski definition) is 3. The van der Waals surface area contributed by atoms with Crippen LogP contribution in [0.15, 0.2) is 0 Å². The summed E-state index contributed by atoms with van der Waals surface area (Å²) in [5.41, 5.74) is 5.59. The molecule has 0 aromatic rings. The van der Waals surface area contributed by atoms with E-state index in [1.165, 1.54) is 0 Å². The van der Waals surface area contributed by atoms with Gasteiger partial charge in [0.1, 0.15) is 0 Å². The second-order valence-electron chi connectivity index (χ2n) is 3.80. The van der Waals surface area contributed by atoms with Crippen LogP contribution in [0.25, 0.3) is 0 Å². The highest BCUT2D eigenvalue weighted by atomic mass is 16.1. The van der Waals surface area contributed by atoms with Crippen molar-refractivity contribution in [3.8, 4) is 0 Å². The summed E-state index contributed by atoms with van der Waals surface area (Å²) in [6.45, 7) is 6.52. The number of nitrogens with zero attached hydrogens (tertiary/aromatic N) is 1. The van der Waals surface area contributed by atoms with Crippen LogP contribution in [0.5, 0.6) is 0 Å². The molecule has 1 aliphatic rings. The Morgan fingerprint density at radius 3 is 3.08 bits per heavy atom. The Labute approximate surface area is 79.5 Å². The predicted octanol–water partition coefficient (Wildman–Crippen LogP) is -0.456. The third-order valence-electron chi connectivity index (χ3n) is 2.51. The molecule has 0 bridgehead atoms. The van der Waals surface area contributed by atoms with Crippen molar-refractivity contribution in [2.45, 2.75) is 32.4 Å². The van der Waals surface area contributed by atoms with Crippen LogP contribution in [0, 0.1) is 0 Å². The minimum absolute atomic E-state index is 0.152. The van der Waals surface area contributed by atoms with Crippen LogP contribution in [0.4, 0.5) is 0 Å². The molecule has 0 aromatic carbocycles. The Balaban J connectivity index is 2.52. The second-order valence-corrected chi connectivity index (χ2v) is 3.80. The SMILES string of the molecule is CC1CN(C(C)CN)CCC(=O)N1. The van der Waals surface area contributed by atoms with Crippen LogP contribution in [0.2, 0.25) is 0 Å². The minimum Gasteiger partial charge on any atom is -0.352 e. The molecule has 1 amide bonds. The number of amides is 1. The van der Waals surface area contributed by atoms with Gasteiger partial charge < -0.3 is 11.1 Å². The smallest absolute Gasteiger partial charge is 0.221 e. The first kappa shape index (κ1) is 10.5. The average molecular weight is 185 g/mol. The van der Waals surface area contributed by atoms with Gasteiger partial charge in [0.2, 0.25) is 5.91 Å². The average Bonchev–Trinajstić information content (AvgIpc) is 2.25. The molecule has 0 radical (unpaired) electrons. The highest BCUT2D eigenvalue weighted by Crippen LogP contribution is 2.05. The Morgan fingerprint density at radius 2 is 2.46 bits per heavy atom. The highest BCUT2D eigenvalue weighted by molar-refractivity contribution is 5.76. The Hall–Kier alpha value is -0.610. The van der Waals surface area contributed by atoms with E-state index in [1.807, 2.05) is 6.92 Å². The Bertz CT molecular complexity index is 184. The summed E-state index contributed by atoms with van der Waals surface area (Å²) < 4.78 is 0. The predicted molar refractivity (Wildman–Crippen MR) is 52.3 cm³/mol. The van der Waals surface area contributed by atoms with Crippen LogP contribution in [-0.4, -0.2) is 42.5 Å². The van der Waals surface area contributed by atoms with Crippen LogP contribution < -0.4 is 11.1 Å². The molecule has 13 heavy (non-hydrogen) atoms. The number of carbonyl (C=O) groups excluding carboxylic acids is 1. The van der Waals surface area contributed by atoms with E-state index < -0.39 is 0 Å². The fourth-order valence-corrected chi connectivity index (χ4v) is 1.63. The third-order valence-corrected chi connectivity index (χ3v) is 2.51. The van der Waals surface area contributed by atoms with Crippen LogP contribution >= 0.6 is 0 Å². The summed E-state index contributed by atoms with van der Waals surface area (Å²) in [7, 11) is 0. The van der Waals surface area contributed by atoms with Gasteiger partial charge in [-0.25, -0.2) is 0 Å². The fourth-order valence-electron chi connectivity index (χ4n) is 1.63. The number of rotatable bonds is 2. The van der Waals surface area contributed by atoms with E-state index in [0.717, 1.165) is 13.1 Å². The molecular formula is C9H19N3O. The molecule has 76 valence electrons. The summed E-state index contributed by atoms with van der Waals surface area (Å²) in [5.74, 6) is 0.152. The summed E-state index contributed by atoms with van der Waals surface area (Å²) in [5, 5.41) is 2.93. The molecule has 1 saturated heterocycles. The highest BCUT2D eigenvalue weighted by Gasteiger charge is 2.21. The van der Waals surface area contributed by atoms with Crippen molar-refractivity contribution in [3.63, 3.8) is 0 Å². The number of nitrogens with one attached hydrogen (secondary N) is 1. The Kier molecular flexibility index (Phi) is 3.69. The maximum absolute atomic E-state index is 11.2. The molecule has 0 spiro atoms. The lowest BCUT2D eigenvalue weighted by Gasteiger charge is -2.27. The molecule has 4 heteroatoms. The van der Waals surface area contributed by atoms with E-state index >= 15 is 0 Å². The number of nitrogens with two attached hydrogens (primary N) is 1. The van der Waals surface area contributed by atoms with Crippen LogP contribution in [0.3, 0.4) is 0 Å². The third kappa shape index (κ3) is 2.97. The van der Waals surface area contributed by atoms with Gasteiger partial charge >= 0.3 is 0 Å². The molecule has 3 N–H and O–H groups in total. The maximum atomic E-state index is 11.2. The van der Waals surface area contributed by atoms with Gasteiger partial charge in [-0.15, -0.1) is 0 Å². The van der Waals surface area contributed by atoms with Gasteiger partial charge in [0, 0.05) is 38.1 Å². The molecule has 1 aliphatic heterocycles. The molecule has 1 fully saturated rings. The van der Waals surface area contributed by atoms with Gasteiger partial charge in [-0.05, 0) is 13.8 Å². The van der Waals surface area contributed by atoms with Crippen molar-refractivity contribution in [2.75, 3.05) is 19.6 Å². The fraction of sp³-hybridized carbons (Fsp3) is 0.889. The summed E-state index contributed by atoms with van der Waals surface area (Å²) in [6, 6.07) is 0.610. The summed E-state index contributed by atoms with van der Waals surface area (Å²) in [6.07, 6.45) is 0.592. The van der Waals surface area contributed by atoms with Gasteiger partial charge in [-0.1, -0.05) is 0 Å². The van der Waals surface area contributed by atoms with Crippen LogP contribution in [-0.2, 0) is 4.79 Å². The van der Waals surface area contributed by atoms with E-state index in [-0.39, 0.29) is 11.9 Å². The molecular weight excluding hydrogens is 166 g/mol. The zero-order valence-electron chi connectivity index (χ0n) is 8.42. The zero-order valence-corrected chi connectivity index (χ0v) is 8.42. The van der Waals surface area contributed by atoms with E-state index in [0.29, 0.717) is 19.0 Å². The minimum atomic E-state index is 0.152. The maximum Gasteiger partial charge on any atom is 0.221 e. The van der Waals surface area contributed by atoms with Crippen molar-refractivity contribution >= 4 is 5.91 Å². The normalized spacial score (nSPS) is 27.9. The van der Waals surface area contributed by atoms with E-state index in [4.69, 9.17) is 5.73 Å². The molecule has 0 saturated carbocycles. The van der Waals surface area contributed by atoms with Gasteiger partial charge in [0.05, 0.1) is 0 Å². The van der Waals surface area contributed by atoms with E-state index in [1.54, 1.807) is 0 Å². The largest absolute Gasteiger partial charge is 0.352 e. The number of hydrogen-bond donors (Lipinski definition) is 2. The van der Waals surface area contributed by atoms with Crippen LogP contribution in [0.1, 0.15) is 20.3 Å². The molecule has 0 aliphatic carbocycles. The Morgan fingerprint density at radius 1 is 1.77 bits per heavy atom. The van der Waals surface area contributed by atoms with E-state index in [2.05, 4.69) is 17.1 Å². The lowest BCUT2D eigenvalue weighted by molar-refractivity contribution is -0.121. The first-order chi connectivity index (χ1) is 6.13. The molecule has 1 heterocycles. The van der Waals surface area contributed by atoms with Crippen molar-refractivity contribution < 1.29 is 4.79 Å². The van der Waals surface area contributed by atoms with E-state index in [9.17, 15) is 4.79 Å². The molecule has 2 atom stereocenters. The first-order valence-electron chi connectivity index (χ1n) is 4.87. The van der Waals surface area contributed by atoms with Gasteiger partial charge in [-0.3, -0.25) is 9.69 Å². The quantitative estimate of drug-likeness (QED) is 0.612. The monoisotopic (exact) mass is 185 g/mol. The topological polar surface area (TPSA) is 58.4 Å². The molecule has 2 unspecified atom stereocenters. The number of carbonyl (C=O) groups is 1. The summed E-state index contributed by atoms with van der Waals surface area (Å²) >= 11 is 0. The lowest BCUT2D eigenvalue weighted by Crippen LogP contribution is -2.43. The standard InChI is InChI=1S/C9H19N3O/c1-7-6-12(8(2)5-10)4-3-9(13)11-7/h7-8H,3-6,10H2,1-2H3,(H,11,13). The molecule has 0 aromatic heterocycles. The lowest BCUT2D eigenvalue weighted by atomic mass is 10.2. The van der Waals surface area contributed by atoms with Crippen molar-refractivity contribution in [1.29, 1.82) is 0 Å². The van der Waals surface area contributed by atoms with Gasteiger partial charge in [0.15, 0.2) is 0 Å². The van der Waals surface area contributed by atoms with Crippen molar-refractivity contribution in [2.24, 2.45) is 5.73 Å². The summed E-state index contributed by atoms with van der Waals surface area (Å²) in [4.78, 5) is 13.4. The molecule has 1 rings (SSSR count). The first-order valence-corrected chi connectivity index (χ1v) is 4.87. The van der Waals surface area contributed by atoms with Crippen molar-refractivity contribution in [3.05, 3.63) is 0 Å². The molecule has 4 nitrogen and oxygen atoms in total. The van der Waals surface area contributed by atoms with Gasteiger partial charge in [0.25, 0.3) is 0 Å². The second kappa shape index (κ2) is 4.58. The van der Waals surface area contributed by atoms with Crippen molar-refractivity contribution in [1.82, 2.24) is 10.2 Å². The zero-order chi connectivity index (χ0) is 9.84. The van der Waals surface area contributed by atoms with Gasteiger partial charge in [-0.2, -0.15) is 0 Å².